The number of hydrogen-bond donors (Lipinski definition) is 1. The van der Waals surface area contributed by atoms with Crippen LogP contribution in [-0.2, 0) is 11.3 Å². The molecule has 0 aliphatic rings. The molecule has 0 unspecified atom stereocenters. The third kappa shape index (κ3) is 3.36. The molecule has 2 aromatic rings. The van der Waals surface area contributed by atoms with Gasteiger partial charge in [-0.25, -0.2) is 13.8 Å². The Morgan fingerprint density at radius 2 is 2.05 bits per heavy atom. The molecule has 1 aromatic heterocycles. The van der Waals surface area contributed by atoms with E-state index in [0.717, 1.165) is 0 Å². The third-order valence-electron chi connectivity index (χ3n) is 2.52. The van der Waals surface area contributed by atoms with Crippen molar-refractivity contribution in [3.63, 3.8) is 0 Å². The average Bonchev–Trinajstić information content (AvgIpc) is 2.83. The number of ether oxygens (including phenoxy) is 1. The first-order valence-corrected chi connectivity index (χ1v) is 5.81. The van der Waals surface area contributed by atoms with Crippen molar-refractivity contribution in [2.24, 2.45) is 0 Å². The van der Waals surface area contributed by atoms with E-state index in [9.17, 15) is 8.78 Å². The second-order valence-electron chi connectivity index (χ2n) is 3.88. The summed E-state index contributed by atoms with van der Waals surface area (Å²) in [6.07, 6.45) is 1.31. The van der Waals surface area contributed by atoms with Crippen LogP contribution in [0.5, 0.6) is 0 Å². The van der Waals surface area contributed by atoms with Gasteiger partial charge in [0.1, 0.15) is 11.6 Å². The Bertz CT molecular complexity index is 523. The maximum atomic E-state index is 13.5. The Morgan fingerprint density at radius 3 is 2.74 bits per heavy atom. The van der Waals surface area contributed by atoms with Gasteiger partial charge in [-0.15, -0.1) is 0 Å². The van der Waals surface area contributed by atoms with Crippen molar-refractivity contribution >= 4 is 0 Å². The van der Waals surface area contributed by atoms with E-state index in [1.54, 1.807) is 7.11 Å². The van der Waals surface area contributed by atoms with Crippen LogP contribution in [0.1, 0.15) is 5.89 Å². The first-order chi connectivity index (χ1) is 9.22. The van der Waals surface area contributed by atoms with E-state index in [2.05, 4.69) is 10.3 Å². The molecule has 0 bridgehead atoms. The highest BCUT2D eigenvalue weighted by atomic mass is 19.1. The van der Waals surface area contributed by atoms with Gasteiger partial charge in [0.05, 0.1) is 24.9 Å². The van der Waals surface area contributed by atoms with Gasteiger partial charge in [-0.05, 0) is 12.1 Å². The summed E-state index contributed by atoms with van der Waals surface area (Å²) in [6.45, 7) is 1.58. The summed E-state index contributed by atoms with van der Waals surface area (Å²) in [4.78, 5) is 3.97. The maximum Gasteiger partial charge on any atom is 0.208 e. The molecule has 4 nitrogen and oxygen atoms in total. The standard InChI is InChI=1S/C13H14F2N2O2/c1-18-6-5-16-8-12-17-7-11(19-12)13-9(14)3-2-4-10(13)15/h2-4,7,16H,5-6,8H2,1H3. The van der Waals surface area contributed by atoms with Crippen LogP contribution in [0.4, 0.5) is 8.78 Å². The molecule has 0 amide bonds. The second-order valence-corrected chi connectivity index (χ2v) is 3.88. The molecule has 0 saturated heterocycles. The lowest BCUT2D eigenvalue weighted by molar-refractivity contribution is 0.198. The van der Waals surface area contributed by atoms with Crippen LogP contribution in [0.2, 0.25) is 0 Å². The molecule has 0 atom stereocenters. The molecule has 1 N–H and O–H groups in total. The summed E-state index contributed by atoms with van der Waals surface area (Å²) in [7, 11) is 1.60. The van der Waals surface area contributed by atoms with E-state index in [0.29, 0.717) is 25.6 Å². The Kier molecular flexibility index (Phi) is 4.59. The fourth-order valence-electron chi connectivity index (χ4n) is 1.61. The monoisotopic (exact) mass is 268 g/mol. The number of benzene rings is 1. The summed E-state index contributed by atoms with van der Waals surface area (Å²) in [6, 6.07) is 3.66. The number of oxazole rings is 1. The average molecular weight is 268 g/mol. The van der Waals surface area contributed by atoms with Gasteiger partial charge >= 0.3 is 0 Å². The van der Waals surface area contributed by atoms with Crippen molar-refractivity contribution in [3.05, 3.63) is 41.9 Å². The zero-order chi connectivity index (χ0) is 13.7. The highest BCUT2D eigenvalue weighted by Crippen LogP contribution is 2.26. The molecule has 0 fully saturated rings. The van der Waals surface area contributed by atoms with Crippen molar-refractivity contribution < 1.29 is 17.9 Å². The van der Waals surface area contributed by atoms with Gasteiger partial charge in [-0.1, -0.05) is 6.07 Å². The summed E-state index contributed by atoms with van der Waals surface area (Å²) in [5.74, 6) is -0.891. The largest absolute Gasteiger partial charge is 0.439 e. The highest BCUT2D eigenvalue weighted by molar-refractivity contribution is 5.57. The number of hydrogen-bond acceptors (Lipinski definition) is 4. The lowest BCUT2D eigenvalue weighted by Crippen LogP contribution is -2.18. The van der Waals surface area contributed by atoms with Crippen LogP contribution in [0.3, 0.4) is 0 Å². The van der Waals surface area contributed by atoms with E-state index in [4.69, 9.17) is 9.15 Å². The van der Waals surface area contributed by atoms with Gasteiger partial charge in [0.25, 0.3) is 0 Å². The molecule has 0 saturated carbocycles. The Hall–Kier alpha value is -1.79. The van der Waals surface area contributed by atoms with Crippen LogP contribution in [0, 0.1) is 11.6 Å². The van der Waals surface area contributed by atoms with Gasteiger partial charge in [0, 0.05) is 13.7 Å². The van der Waals surface area contributed by atoms with Crippen molar-refractivity contribution in [2.45, 2.75) is 6.54 Å². The molecule has 2 rings (SSSR count). The van der Waals surface area contributed by atoms with E-state index in [1.165, 1.54) is 24.4 Å². The van der Waals surface area contributed by atoms with Crippen LogP contribution in [-0.4, -0.2) is 25.2 Å². The molecule has 0 aliphatic heterocycles. The normalized spacial score (nSPS) is 10.9. The predicted molar refractivity (Wildman–Crippen MR) is 65.4 cm³/mol. The molecule has 1 aromatic carbocycles. The van der Waals surface area contributed by atoms with E-state index in [1.807, 2.05) is 0 Å². The minimum Gasteiger partial charge on any atom is -0.439 e. The molecule has 1 heterocycles. The molecule has 0 aliphatic carbocycles. The van der Waals surface area contributed by atoms with Crippen LogP contribution in [0.15, 0.2) is 28.8 Å². The zero-order valence-corrected chi connectivity index (χ0v) is 10.5. The van der Waals surface area contributed by atoms with Crippen LogP contribution < -0.4 is 5.32 Å². The first kappa shape index (κ1) is 13.6. The summed E-state index contributed by atoms with van der Waals surface area (Å²) in [5.41, 5.74) is -0.196. The molecule has 19 heavy (non-hydrogen) atoms. The van der Waals surface area contributed by atoms with Crippen molar-refractivity contribution in [1.82, 2.24) is 10.3 Å². The summed E-state index contributed by atoms with van der Waals surface area (Å²) in [5, 5.41) is 3.03. The second kappa shape index (κ2) is 6.40. The highest BCUT2D eigenvalue weighted by Gasteiger charge is 2.15. The molecule has 102 valence electrons. The molecule has 6 heteroatoms. The maximum absolute atomic E-state index is 13.5. The SMILES string of the molecule is COCCNCc1ncc(-c2c(F)cccc2F)o1. The van der Waals surface area contributed by atoms with E-state index >= 15 is 0 Å². The Labute approximate surface area is 109 Å². The predicted octanol–water partition coefficient (Wildman–Crippen LogP) is 2.36. The minimum absolute atomic E-state index is 0.0825. The first-order valence-electron chi connectivity index (χ1n) is 5.81. The zero-order valence-electron chi connectivity index (χ0n) is 10.5. The summed E-state index contributed by atoms with van der Waals surface area (Å²) < 4.78 is 37.3. The number of methoxy groups -OCH3 is 1. The van der Waals surface area contributed by atoms with Gasteiger partial charge in [0.2, 0.25) is 5.89 Å². The van der Waals surface area contributed by atoms with Crippen molar-refractivity contribution in [1.29, 1.82) is 0 Å². The van der Waals surface area contributed by atoms with Gasteiger partial charge in [-0.3, -0.25) is 0 Å². The molecule has 0 spiro atoms. The Morgan fingerprint density at radius 1 is 1.32 bits per heavy atom. The van der Waals surface area contributed by atoms with Crippen LogP contribution >= 0.6 is 0 Å². The van der Waals surface area contributed by atoms with E-state index in [-0.39, 0.29) is 11.3 Å². The summed E-state index contributed by atoms with van der Waals surface area (Å²) >= 11 is 0. The number of nitrogens with zero attached hydrogens (tertiary/aromatic N) is 1. The minimum atomic E-state index is -0.671. The quantitative estimate of drug-likeness (QED) is 0.817. The van der Waals surface area contributed by atoms with Crippen molar-refractivity contribution in [3.8, 4) is 11.3 Å². The third-order valence-corrected chi connectivity index (χ3v) is 2.52. The fraction of sp³-hybridized carbons (Fsp3) is 0.308. The number of aromatic nitrogens is 1. The smallest absolute Gasteiger partial charge is 0.208 e. The van der Waals surface area contributed by atoms with Gasteiger partial charge in [0.15, 0.2) is 5.76 Å². The van der Waals surface area contributed by atoms with Gasteiger partial charge in [-0.2, -0.15) is 0 Å². The number of rotatable bonds is 6. The number of halogens is 2. The Balaban J connectivity index is 2.08. The molecule has 0 radical (unpaired) electrons. The fourth-order valence-corrected chi connectivity index (χ4v) is 1.61. The topological polar surface area (TPSA) is 47.3 Å². The van der Waals surface area contributed by atoms with Gasteiger partial charge < -0.3 is 14.5 Å². The molecular weight excluding hydrogens is 254 g/mol. The van der Waals surface area contributed by atoms with Crippen molar-refractivity contribution in [2.75, 3.05) is 20.3 Å². The lowest BCUT2D eigenvalue weighted by Gasteiger charge is -2.01. The van der Waals surface area contributed by atoms with E-state index < -0.39 is 11.6 Å². The lowest BCUT2D eigenvalue weighted by atomic mass is 10.1. The number of nitrogens with one attached hydrogen (secondary N) is 1. The van der Waals surface area contributed by atoms with Crippen LogP contribution in [0.25, 0.3) is 11.3 Å². The molecular formula is C13H14F2N2O2.